The van der Waals surface area contributed by atoms with Crippen molar-refractivity contribution in [2.24, 2.45) is 5.73 Å². The second-order valence-corrected chi connectivity index (χ2v) is 2.75. The molecular weight excluding hydrogens is 221 g/mol. The van der Waals surface area contributed by atoms with E-state index in [9.17, 15) is 9.18 Å². The number of benzene rings is 1. The molecule has 0 saturated heterocycles. The van der Waals surface area contributed by atoms with Crippen molar-refractivity contribution in [1.82, 2.24) is 0 Å². The minimum Gasteiger partial charge on any atom is -0.465 e. The van der Waals surface area contributed by atoms with Gasteiger partial charge in [0.2, 0.25) is 0 Å². The highest BCUT2D eigenvalue weighted by molar-refractivity contribution is 5.85. The molecular formula is C10H13ClFNO2. The molecule has 0 heterocycles. The quantitative estimate of drug-likeness (QED) is 0.811. The van der Waals surface area contributed by atoms with Crippen LogP contribution in [0.25, 0.3) is 0 Å². The highest BCUT2D eigenvalue weighted by Gasteiger charge is 2.19. The fraction of sp³-hybridized carbons (Fsp3) is 0.300. The van der Waals surface area contributed by atoms with Gasteiger partial charge in [-0.2, -0.15) is 0 Å². The third-order valence-electron chi connectivity index (χ3n) is 1.78. The number of halogens is 2. The highest BCUT2D eigenvalue weighted by atomic mass is 35.5. The molecule has 1 atom stereocenters. The monoisotopic (exact) mass is 233 g/mol. The summed E-state index contributed by atoms with van der Waals surface area (Å²) in [5.74, 6) is -1.11. The Balaban J connectivity index is 0.00000196. The second kappa shape index (κ2) is 6.37. The number of esters is 1. The third kappa shape index (κ3) is 3.49. The van der Waals surface area contributed by atoms with Crippen molar-refractivity contribution in [3.05, 3.63) is 35.6 Å². The van der Waals surface area contributed by atoms with Gasteiger partial charge in [0.15, 0.2) is 0 Å². The fourth-order valence-corrected chi connectivity index (χ4v) is 1.09. The Kier molecular flexibility index (Phi) is 5.89. The van der Waals surface area contributed by atoms with E-state index in [-0.39, 0.29) is 24.6 Å². The zero-order valence-electron chi connectivity index (χ0n) is 8.27. The van der Waals surface area contributed by atoms with Crippen LogP contribution < -0.4 is 5.73 Å². The fourth-order valence-electron chi connectivity index (χ4n) is 1.09. The van der Waals surface area contributed by atoms with Crippen molar-refractivity contribution in [3.8, 4) is 0 Å². The first-order valence-electron chi connectivity index (χ1n) is 4.33. The normalized spacial score (nSPS) is 11.4. The van der Waals surface area contributed by atoms with Crippen LogP contribution in [0.4, 0.5) is 4.39 Å². The van der Waals surface area contributed by atoms with Gasteiger partial charge in [0.25, 0.3) is 0 Å². The number of nitrogens with two attached hydrogens (primary N) is 1. The first kappa shape index (κ1) is 13.9. The van der Waals surface area contributed by atoms with Crippen molar-refractivity contribution in [1.29, 1.82) is 0 Å². The lowest BCUT2D eigenvalue weighted by atomic mass is 10.1. The molecule has 3 nitrogen and oxygen atoms in total. The second-order valence-electron chi connectivity index (χ2n) is 2.75. The van der Waals surface area contributed by atoms with E-state index in [0.29, 0.717) is 0 Å². The number of rotatable bonds is 3. The molecule has 0 aliphatic carbocycles. The molecule has 84 valence electrons. The maximum atomic E-state index is 13.2. The Morgan fingerprint density at radius 3 is 2.67 bits per heavy atom. The standard InChI is InChI=1S/C10H12FNO2.ClH/c1-2-14-10(13)9(12)7-5-3-4-6-8(7)11;/h3-6,9H,2,12H2,1H3;1H. The van der Waals surface area contributed by atoms with E-state index >= 15 is 0 Å². The molecule has 1 unspecified atom stereocenters. The molecule has 0 fully saturated rings. The Hall–Kier alpha value is -1.13. The summed E-state index contributed by atoms with van der Waals surface area (Å²) in [5.41, 5.74) is 5.67. The molecule has 1 rings (SSSR count). The molecule has 1 aromatic rings. The summed E-state index contributed by atoms with van der Waals surface area (Å²) >= 11 is 0. The summed E-state index contributed by atoms with van der Waals surface area (Å²) in [4.78, 5) is 11.2. The maximum Gasteiger partial charge on any atom is 0.327 e. The van der Waals surface area contributed by atoms with Crippen LogP contribution in [0.15, 0.2) is 24.3 Å². The van der Waals surface area contributed by atoms with Gasteiger partial charge in [-0.3, -0.25) is 0 Å². The number of ether oxygens (including phenoxy) is 1. The first-order chi connectivity index (χ1) is 6.66. The number of carbonyl (C=O) groups excluding carboxylic acids is 1. The summed E-state index contributed by atoms with van der Waals surface area (Å²) in [6.07, 6.45) is 0. The average Bonchev–Trinajstić information content (AvgIpc) is 2.18. The van der Waals surface area contributed by atoms with Crippen LogP contribution in [0.5, 0.6) is 0 Å². The average molecular weight is 234 g/mol. The maximum absolute atomic E-state index is 13.2. The van der Waals surface area contributed by atoms with E-state index in [0.717, 1.165) is 0 Å². The van der Waals surface area contributed by atoms with Crippen LogP contribution >= 0.6 is 12.4 Å². The molecule has 15 heavy (non-hydrogen) atoms. The summed E-state index contributed by atoms with van der Waals surface area (Å²) in [6.45, 7) is 1.91. The van der Waals surface area contributed by atoms with Gasteiger partial charge in [0, 0.05) is 5.56 Å². The van der Waals surface area contributed by atoms with Crippen LogP contribution in [0.3, 0.4) is 0 Å². The predicted octanol–water partition coefficient (Wildman–Crippen LogP) is 1.81. The van der Waals surface area contributed by atoms with E-state index < -0.39 is 17.8 Å². The van der Waals surface area contributed by atoms with Gasteiger partial charge in [0.1, 0.15) is 11.9 Å². The minimum absolute atomic E-state index is 0. The van der Waals surface area contributed by atoms with Crippen molar-refractivity contribution < 1.29 is 13.9 Å². The Bertz CT molecular complexity index is 333. The largest absolute Gasteiger partial charge is 0.465 e. The topological polar surface area (TPSA) is 52.3 Å². The lowest BCUT2D eigenvalue weighted by molar-refractivity contribution is -0.144. The van der Waals surface area contributed by atoms with E-state index in [1.807, 2.05) is 0 Å². The van der Waals surface area contributed by atoms with Gasteiger partial charge in [-0.05, 0) is 13.0 Å². The summed E-state index contributed by atoms with van der Waals surface area (Å²) in [7, 11) is 0. The zero-order chi connectivity index (χ0) is 10.6. The van der Waals surface area contributed by atoms with Crippen LogP contribution in [0, 0.1) is 5.82 Å². The van der Waals surface area contributed by atoms with Gasteiger partial charge >= 0.3 is 5.97 Å². The van der Waals surface area contributed by atoms with Crippen LogP contribution in [-0.4, -0.2) is 12.6 Å². The SMILES string of the molecule is CCOC(=O)C(N)c1ccccc1F.Cl. The molecule has 0 spiro atoms. The Morgan fingerprint density at radius 1 is 1.53 bits per heavy atom. The van der Waals surface area contributed by atoms with Gasteiger partial charge in [0.05, 0.1) is 6.61 Å². The van der Waals surface area contributed by atoms with Crippen molar-refractivity contribution >= 4 is 18.4 Å². The molecule has 0 aliphatic heterocycles. The first-order valence-corrected chi connectivity index (χ1v) is 4.33. The molecule has 0 amide bonds. The molecule has 0 saturated carbocycles. The van der Waals surface area contributed by atoms with E-state index in [2.05, 4.69) is 4.74 Å². The predicted molar refractivity (Wildman–Crippen MR) is 57.2 cm³/mol. The molecule has 1 aromatic carbocycles. The van der Waals surface area contributed by atoms with Gasteiger partial charge in [-0.1, -0.05) is 18.2 Å². The lowest BCUT2D eigenvalue weighted by Crippen LogP contribution is -2.24. The van der Waals surface area contributed by atoms with Crippen LogP contribution in [0.1, 0.15) is 18.5 Å². The zero-order valence-corrected chi connectivity index (χ0v) is 9.09. The molecule has 0 aliphatic rings. The van der Waals surface area contributed by atoms with E-state index in [1.165, 1.54) is 18.2 Å². The summed E-state index contributed by atoms with van der Waals surface area (Å²) < 4.78 is 17.8. The van der Waals surface area contributed by atoms with Gasteiger partial charge in [-0.25, -0.2) is 9.18 Å². The summed E-state index contributed by atoms with van der Waals surface area (Å²) in [5, 5.41) is 0. The Labute approximate surface area is 93.8 Å². The Morgan fingerprint density at radius 2 is 2.13 bits per heavy atom. The van der Waals surface area contributed by atoms with Gasteiger partial charge < -0.3 is 10.5 Å². The summed E-state index contributed by atoms with van der Waals surface area (Å²) in [6, 6.07) is 4.84. The van der Waals surface area contributed by atoms with Crippen LogP contribution in [-0.2, 0) is 9.53 Å². The molecule has 0 bridgehead atoms. The minimum atomic E-state index is -1.05. The molecule has 5 heteroatoms. The highest BCUT2D eigenvalue weighted by Crippen LogP contribution is 2.15. The smallest absolute Gasteiger partial charge is 0.327 e. The van der Waals surface area contributed by atoms with Gasteiger partial charge in [-0.15, -0.1) is 12.4 Å². The van der Waals surface area contributed by atoms with E-state index in [4.69, 9.17) is 5.73 Å². The number of hydrogen-bond acceptors (Lipinski definition) is 3. The molecule has 2 N–H and O–H groups in total. The molecule has 0 radical (unpaired) electrons. The van der Waals surface area contributed by atoms with Crippen LogP contribution in [0.2, 0.25) is 0 Å². The van der Waals surface area contributed by atoms with Crippen molar-refractivity contribution in [2.75, 3.05) is 6.61 Å². The molecule has 0 aromatic heterocycles. The lowest BCUT2D eigenvalue weighted by Gasteiger charge is -2.11. The third-order valence-corrected chi connectivity index (χ3v) is 1.78. The van der Waals surface area contributed by atoms with E-state index in [1.54, 1.807) is 13.0 Å². The number of hydrogen-bond donors (Lipinski definition) is 1. The van der Waals surface area contributed by atoms with Crippen molar-refractivity contribution in [2.45, 2.75) is 13.0 Å². The number of carbonyl (C=O) groups is 1. The van der Waals surface area contributed by atoms with Crippen molar-refractivity contribution in [3.63, 3.8) is 0 Å².